The molecule has 4 aromatic rings. The van der Waals surface area contributed by atoms with Gasteiger partial charge in [0, 0.05) is 36.4 Å². The summed E-state index contributed by atoms with van der Waals surface area (Å²) < 4.78 is 3.71. The molecular formula is C16H17N7. The van der Waals surface area contributed by atoms with Crippen molar-refractivity contribution in [1.29, 1.82) is 0 Å². The molecule has 0 atom stereocenters. The zero-order valence-electron chi connectivity index (χ0n) is 13.0. The van der Waals surface area contributed by atoms with Crippen molar-refractivity contribution in [3.63, 3.8) is 0 Å². The van der Waals surface area contributed by atoms with Crippen molar-refractivity contribution in [2.24, 2.45) is 0 Å². The van der Waals surface area contributed by atoms with Crippen LogP contribution >= 0.6 is 0 Å². The van der Waals surface area contributed by atoms with E-state index in [1.54, 1.807) is 16.9 Å². The van der Waals surface area contributed by atoms with E-state index in [2.05, 4.69) is 39.2 Å². The molecule has 0 radical (unpaired) electrons. The molecule has 0 aliphatic rings. The van der Waals surface area contributed by atoms with Crippen LogP contribution in [0.5, 0.6) is 0 Å². The SMILES string of the molecule is CC(C)c1cc(NCc2cn3cccnc3n2)n2nccc2n1. The van der Waals surface area contributed by atoms with Gasteiger partial charge in [0.2, 0.25) is 5.78 Å². The summed E-state index contributed by atoms with van der Waals surface area (Å²) in [6, 6.07) is 5.83. The maximum absolute atomic E-state index is 4.62. The fraction of sp³-hybridized carbons (Fsp3) is 0.250. The summed E-state index contributed by atoms with van der Waals surface area (Å²) in [7, 11) is 0. The van der Waals surface area contributed by atoms with E-state index in [1.165, 1.54) is 0 Å². The van der Waals surface area contributed by atoms with Crippen molar-refractivity contribution in [3.05, 3.63) is 54.4 Å². The molecule has 7 heteroatoms. The second-order valence-electron chi connectivity index (χ2n) is 5.73. The lowest BCUT2D eigenvalue weighted by Gasteiger charge is -2.11. The van der Waals surface area contributed by atoms with Gasteiger partial charge in [-0.15, -0.1) is 0 Å². The standard InChI is InChI=1S/C16H17N7/c1-11(2)13-8-15(23-14(21-13)4-6-19-23)18-9-12-10-22-7-3-5-17-16(22)20-12/h3-8,10-11,18H,9H2,1-2H3. The maximum Gasteiger partial charge on any atom is 0.233 e. The highest BCUT2D eigenvalue weighted by molar-refractivity contribution is 5.49. The van der Waals surface area contributed by atoms with Gasteiger partial charge in [0.05, 0.1) is 18.4 Å². The summed E-state index contributed by atoms with van der Waals surface area (Å²) in [6.45, 7) is 4.86. The van der Waals surface area contributed by atoms with Gasteiger partial charge in [-0.05, 0) is 12.0 Å². The van der Waals surface area contributed by atoms with Crippen molar-refractivity contribution < 1.29 is 0 Å². The van der Waals surface area contributed by atoms with Gasteiger partial charge in [0.1, 0.15) is 5.82 Å². The topological polar surface area (TPSA) is 72.4 Å². The lowest BCUT2D eigenvalue weighted by atomic mass is 10.1. The van der Waals surface area contributed by atoms with Crippen molar-refractivity contribution >= 4 is 17.2 Å². The van der Waals surface area contributed by atoms with Crippen molar-refractivity contribution in [3.8, 4) is 0 Å². The first-order valence-corrected chi connectivity index (χ1v) is 7.58. The Morgan fingerprint density at radius 3 is 2.96 bits per heavy atom. The normalized spacial score (nSPS) is 11.6. The zero-order valence-corrected chi connectivity index (χ0v) is 13.0. The van der Waals surface area contributed by atoms with Crippen LogP contribution in [-0.2, 0) is 6.54 Å². The molecule has 0 aliphatic heterocycles. The number of rotatable bonds is 4. The predicted octanol–water partition coefficient (Wildman–Crippen LogP) is 2.51. The minimum Gasteiger partial charge on any atom is -0.364 e. The van der Waals surface area contributed by atoms with Crippen molar-refractivity contribution in [1.82, 2.24) is 29.0 Å². The van der Waals surface area contributed by atoms with Crippen LogP contribution in [0.4, 0.5) is 5.82 Å². The summed E-state index contributed by atoms with van der Waals surface area (Å²) in [5, 5.41) is 7.73. The first kappa shape index (κ1) is 13.7. The highest BCUT2D eigenvalue weighted by atomic mass is 15.3. The molecule has 4 aromatic heterocycles. The molecule has 0 fully saturated rings. The summed E-state index contributed by atoms with van der Waals surface area (Å²) in [5.74, 6) is 1.97. The lowest BCUT2D eigenvalue weighted by Crippen LogP contribution is -2.08. The lowest BCUT2D eigenvalue weighted by molar-refractivity contribution is 0.808. The number of nitrogens with one attached hydrogen (secondary N) is 1. The van der Waals surface area contributed by atoms with Crippen LogP contribution in [0.25, 0.3) is 11.4 Å². The Kier molecular flexibility index (Phi) is 3.18. The molecule has 116 valence electrons. The summed E-state index contributed by atoms with van der Waals surface area (Å²) >= 11 is 0. The van der Waals surface area contributed by atoms with Crippen LogP contribution in [0.2, 0.25) is 0 Å². The zero-order chi connectivity index (χ0) is 15.8. The molecule has 0 saturated carbocycles. The number of fused-ring (bicyclic) bond motifs is 2. The number of aromatic nitrogens is 6. The highest BCUT2D eigenvalue weighted by Gasteiger charge is 2.10. The Morgan fingerprint density at radius 1 is 1.22 bits per heavy atom. The average molecular weight is 307 g/mol. The van der Waals surface area contributed by atoms with E-state index < -0.39 is 0 Å². The molecule has 0 aliphatic carbocycles. The van der Waals surface area contributed by atoms with Crippen LogP contribution in [0.1, 0.15) is 31.2 Å². The third-order valence-electron chi connectivity index (χ3n) is 3.71. The fourth-order valence-electron chi connectivity index (χ4n) is 2.50. The van der Waals surface area contributed by atoms with Gasteiger partial charge >= 0.3 is 0 Å². The summed E-state index contributed by atoms with van der Waals surface area (Å²) in [6.07, 6.45) is 7.41. The van der Waals surface area contributed by atoms with Gasteiger partial charge in [-0.1, -0.05) is 13.8 Å². The van der Waals surface area contributed by atoms with Gasteiger partial charge in [0.25, 0.3) is 0 Å². The van der Waals surface area contributed by atoms with E-state index >= 15 is 0 Å². The Hall–Kier alpha value is -2.96. The molecule has 4 rings (SSSR count). The molecule has 7 nitrogen and oxygen atoms in total. The van der Waals surface area contributed by atoms with E-state index in [9.17, 15) is 0 Å². The number of anilines is 1. The Bertz CT molecular complexity index is 934. The summed E-state index contributed by atoms with van der Waals surface area (Å²) in [4.78, 5) is 13.3. The van der Waals surface area contributed by atoms with E-state index in [4.69, 9.17) is 0 Å². The minimum atomic E-state index is 0.356. The van der Waals surface area contributed by atoms with Gasteiger partial charge in [0.15, 0.2) is 5.65 Å². The Morgan fingerprint density at radius 2 is 2.13 bits per heavy atom. The van der Waals surface area contributed by atoms with Gasteiger partial charge in [-0.25, -0.2) is 15.0 Å². The first-order valence-electron chi connectivity index (χ1n) is 7.58. The summed E-state index contributed by atoms with van der Waals surface area (Å²) in [5.41, 5.74) is 2.81. The van der Waals surface area contributed by atoms with E-state index in [0.717, 1.165) is 22.9 Å². The quantitative estimate of drug-likeness (QED) is 0.627. The van der Waals surface area contributed by atoms with Crippen molar-refractivity contribution in [2.45, 2.75) is 26.3 Å². The molecule has 23 heavy (non-hydrogen) atoms. The second-order valence-corrected chi connectivity index (χ2v) is 5.73. The third kappa shape index (κ3) is 2.50. The smallest absolute Gasteiger partial charge is 0.233 e. The molecule has 0 bridgehead atoms. The van der Waals surface area contributed by atoms with Gasteiger partial charge < -0.3 is 5.32 Å². The van der Waals surface area contributed by atoms with Crippen LogP contribution in [0, 0.1) is 0 Å². The molecular weight excluding hydrogens is 290 g/mol. The predicted molar refractivity (Wildman–Crippen MR) is 87.4 cm³/mol. The first-order chi connectivity index (χ1) is 11.2. The molecule has 1 N–H and O–H groups in total. The van der Waals surface area contributed by atoms with Crippen LogP contribution in [-0.4, -0.2) is 29.0 Å². The maximum atomic E-state index is 4.62. The third-order valence-corrected chi connectivity index (χ3v) is 3.71. The van der Waals surface area contributed by atoms with E-state index in [0.29, 0.717) is 18.2 Å². The molecule has 0 amide bonds. The Labute approximate surface area is 133 Å². The van der Waals surface area contributed by atoms with Crippen molar-refractivity contribution in [2.75, 3.05) is 5.32 Å². The largest absolute Gasteiger partial charge is 0.364 e. The molecule has 4 heterocycles. The number of imidazole rings is 1. The molecule has 0 aromatic carbocycles. The highest BCUT2D eigenvalue weighted by Crippen LogP contribution is 2.19. The monoisotopic (exact) mass is 307 g/mol. The Balaban J connectivity index is 1.65. The van der Waals surface area contributed by atoms with E-state index in [-0.39, 0.29) is 0 Å². The molecule has 0 saturated heterocycles. The molecule has 0 spiro atoms. The second kappa shape index (κ2) is 5.35. The minimum absolute atomic E-state index is 0.356. The fourth-order valence-corrected chi connectivity index (χ4v) is 2.50. The van der Waals surface area contributed by atoms with Gasteiger partial charge in [-0.2, -0.15) is 9.61 Å². The van der Waals surface area contributed by atoms with Gasteiger partial charge in [-0.3, -0.25) is 4.40 Å². The average Bonchev–Trinajstić information content (AvgIpc) is 3.18. The number of hydrogen-bond donors (Lipinski definition) is 1. The van der Waals surface area contributed by atoms with Crippen LogP contribution < -0.4 is 5.32 Å². The molecule has 0 unspecified atom stereocenters. The number of hydrogen-bond acceptors (Lipinski definition) is 5. The van der Waals surface area contributed by atoms with E-state index in [1.807, 2.05) is 35.0 Å². The van der Waals surface area contributed by atoms with Crippen LogP contribution in [0.3, 0.4) is 0 Å². The van der Waals surface area contributed by atoms with Crippen LogP contribution in [0.15, 0.2) is 43.0 Å². The number of nitrogens with zero attached hydrogens (tertiary/aromatic N) is 6.